The van der Waals surface area contributed by atoms with Crippen LogP contribution in [0.3, 0.4) is 0 Å². The number of carbonyl (C=O) groups is 8. The van der Waals surface area contributed by atoms with Crippen LogP contribution in [0.1, 0.15) is 65.8 Å². The zero-order valence-corrected chi connectivity index (χ0v) is 34.5. The minimum Gasteiger partial charge on any atom is -0.479 e. The van der Waals surface area contributed by atoms with E-state index in [1.165, 1.54) is 48.0 Å². The van der Waals surface area contributed by atoms with E-state index in [-0.39, 0.29) is 85.7 Å². The summed E-state index contributed by atoms with van der Waals surface area (Å²) in [6, 6.07) is 1.80. The molecule has 1 unspecified atom stereocenters. The molecule has 3 aliphatic heterocycles. The Balaban J connectivity index is 1.07. The number of carbonyl (C=O) groups excluding carboxylic acids is 7. The van der Waals surface area contributed by atoms with Gasteiger partial charge in [0.05, 0.1) is 16.6 Å². The first-order chi connectivity index (χ1) is 26.8. The van der Waals surface area contributed by atoms with E-state index in [0.717, 1.165) is 27.2 Å². The third kappa shape index (κ3) is 7.75. The molecule has 57 heavy (non-hydrogen) atoms. The molecule has 1 aliphatic carbocycles. The predicted molar refractivity (Wildman–Crippen MR) is 208 cm³/mol. The number of Topliss-reactive ketones (excluding diaryl/α,β-unsaturated/α-hetero) is 4. The van der Waals surface area contributed by atoms with Crippen molar-refractivity contribution in [2.45, 2.75) is 70.1 Å². The monoisotopic (exact) mass is 843 g/mol. The van der Waals surface area contributed by atoms with Crippen LogP contribution in [0.4, 0.5) is 9.59 Å². The number of nitrogens with zero attached hydrogens (tertiary/aromatic N) is 6. The number of oxime groups is 1. The fourth-order valence-electron chi connectivity index (χ4n) is 7.08. The van der Waals surface area contributed by atoms with Gasteiger partial charge in [-0.2, -0.15) is 0 Å². The van der Waals surface area contributed by atoms with Gasteiger partial charge in [0.25, 0.3) is 11.7 Å². The van der Waals surface area contributed by atoms with Crippen LogP contribution in [0.15, 0.2) is 22.7 Å². The summed E-state index contributed by atoms with van der Waals surface area (Å²) in [6.07, 6.45) is -0.497. The van der Waals surface area contributed by atoms with Crippen LogP contribution >= 0.6 is 34.7 Å². The quantitative estimate of drug-likeness (QED) is 0.136. The van der Waals surface area contributed by atoms with Crippen LogP contribution in [0.2, 0.25) is 5.02 Å². The minimum atomic E-state index is -1.84. The summed E-state index contributed by atoms with van der Waals surface area (Å²) in [6.45, 7) is 9.80. The average Bonchev–Trinajstić information content (AvgIpc) is 3.88. The molecular formula is C37H42ClN7O10S2. The highest BCUT2D eigenvalue weighted by Gasteiger charge is 2.67. The first-order valence-corrected chi connectivity index (χ1v) is 20.3. The van der Waals surface area contributed by atoms with Gasteiger partial charge in [-0.25, -0.2) is 29.8 Å². The van der Waals surface area contributed by atoms with Gasteiger partial charge in [-0.3, -0.25) is 28.9 Å². The zero-order chi connectivity index (χ0) is 41.7. The standard InChI is InChI=1S/C37H42ClN7O10S2/c1-18-7-8-22(27(38)19(18)2)30(49)32(50)42-9-11-43(12-10-42)34(53)40-45-14-13-44(35(45)54)37(33(51)52)16-24-29(48)23(31(24)57-37)15-26(47)28(25-17-56-21(4)39-25)41-55-36(5,6)20(3)46/h7-8,17,23-24,31H,9-16H2,1-6H3,(H,40,53)(H,51,52)/b41-28-/t23-,24?,31-,37-/m1/s1. The molecule has 6 rings (SSSR count). The van der Waals surface area contributed by atoms with Crippen LogP contribution in [0.25, 0.3) is 0 Å². The molecule has 0 bridgehead atoms. The van der Waals surface area contributed by atoms with Crippen molar-refractivity contribution in [2.75, 3.05) is 39.3 Å². The molecule has 5 amide bonds. The normalized spacial score (nSPS) is 23.6. The van der Waals surface area contributed by atoms with Gasteiger partial charge in [-0.15, -0.1) is 23.1 Å². The highest BCUT2D eigenvalue weighted by atomic mass is 35.5. The van der Waals surface area contributed by atoms with Crippen molar-refractivity contribution in [3.8, 4) is 0 Å². The molecule has 4 heterocycles. The van der Waals surface area contributed by atoms with Gasteiger partial charge in [-0.1, -0.05) is 22.8 Å². The predicted octanol–water partition coefficient (Wildman–Crippen LogP) is 3.26. The molecule has 1 aromatic carbocycles. The Bertz CT molecular complexity index is 2120. The van der Waals surface area contributed by atoms with E-state index in [1.54, 1.807) is 25.3 Å². The number of fused-ring (bicyclic) bond motifs is 1. The van der Waals surface area contributed by atoms with E-state index in [1.807, 2.05) is 6.92 Å². The highest BCUT2D eigenvalue weighted by molar-refractivity contribution is 8.02. The molecule has 2 N–H and O–H groups in total. The maximum Gasteiger partial charge on any atom is 0.340 e. The highest BCUT2D eigenvalue weighted by Crippen LogP contribution is 2.59. The summed E-state index contributed by atoms with van der Waals surface area (Å²) in [5.74, 6) is -5.64. The topological polar surface area (TPSA) is 216 Å². The Morgan fingerprint density at radius 2 is 1.70 bits per heavy atom. The van der Waals surface area contributed by atoms with Crippen molar-refractivity contribution in [3.05, 3.63) is 49.9 Å². The number of hydrogen-bond acceptors (Lipinski definition) is 13. The fourth-order valence-corrected chi connectivity index (χ4v) is 9.89. The number of amides is 5. The van der Waals surface area contributed by atoms with Gasteiger partial charge in [-0.05, 0) is 58.7 Å². The summed E-state index contributed by atoms with van der Waals surface area (Å²) >= 11 is 8.56. The van der Waals surface area contributed by atoms with Crippen LogP contribution in [0.5, 0.6) is 0 Å². The van der Waals surface area contributed by atoms with Crippen LogP contribution in [-0.2, 0) is 28.8 Å². The number of aromatic nitrogens is 1. The Kier molecular flexibility index (Phi) is 11.6. The van der Waals surface area contributed by atoms with E-state index in [9.17, 15) is 43.5 Å². The lowest BCUT2D eigenvalue weighted by atomic mass is 9.68. The van der Waals surface area contributed by atoms with Crippen molar-refractivity contribution in [1.29, 1.82) is 0 Å². The van der Waals surface area contributed by atoms with Crippen molar-refractivity contribution in [1.82, 2.24) is 30.1 Å². The number of carboxylic acids is 1. The molecular weight excluding hydrogens is 802 g/mol. The number of carboxylic acid groups (broad SMARTS) is 1. The van der Waals surface area contributed by atoms with E-state index in [2.05, 4.69) is 15.6 Å². The molecule has 2 aromatic rings. The number of urea groups is 2. The third-order valence-corrected chi connectivity index (χ3v) is 14.2. The molecule has 4 aliphatic rings. The van der Waals surface area contributed by atoms with Crippen molar-refractivity contribution < 1.29 is 48.3 Å². The number of piperazine rings is 1. The van der Waals surface area contributed by atoms with Gasteiger partial charge >= 0.3 is 18.0 Å². The number of nitrogens with one attached hydrogen (secondary N) is 1. The van der Waals surface area contributed by atoms with Crippen LogP contribution < -0.4 is 5.43 Å². The summed E-state index contributed by atoms with van der Waals surface area (Å²) in [5.41, 5.74) is 2.94. The smallest absolute Gasteiger partial charge is 0.340 e. The second-order valence-electron chi connectivity index (χ2n) is 14.9. The number of rotatable bonds is 12. The summed E-state index contributed by atoms with van der Waals surface area (Å²) in [5, 5.41) is 17.4. The molecule has 17 nitrogen and oxygen atoms in total. The number of hydrazine groups is 1. The minimum absolute atomic E-state index is 0.0431. The van der Waals surface area contributed by atoms with E-state index in [4.69, 9.17) is 16.4 Å². The lowest BCUT2D eigenvalue weighted by Gasteiger charge is -2.37. The maximum absolute atomic E-state index is 13.7. The first kappa shape index (κ1) is 41.7. The molecule has 304 valence electrons. The van der Waals surface area contributed by atoms with Gasteiger partial charge in [0.15, 0.2) is 27.8 Å². The largest absolute Gasteiger partial charge is 0.479 e. The number of thioether (sulfide) groups is 1. The van der Waals surface area contributed by atoms with Crippen molar-refractivity contribution in [2.24, 2.45) is 17.0 Å². The van der Waals surface area contributed by atoms with Gasteiger partial charge in [0.1, 0.15) is 11.5 Å². The molecule has 20 heteroatoms. The van der Waals surface area contributed by atoms with E-state index < -0.39 is 63.1 Å². The van der Waals surface area contributed by atoms with Gasteiger partial charge in [0, 0.05) is 73.6 Å². The van der Waals surface area contributed by atoms with E-state index in [0.29, 0.717) is 10.6 Å². The van der Waals surface area contributed by atoms with Crippen molar-refractivity contribution >= 4 is 87.5 Å². The van der Waals surface area contributed by atoms with E-state index >= 15 is 0 Å². The number of aryl methyl sites for hydroxylation is 2. The molecule has 4 atom stereocenters. The lowest BCUT2D eigenvalue weighted by Crippen LogP contribution is -2.58. The second kappa shape index (κ2) is 15.8. The van der Waals surface area contributed by atoms with Crippen LogP contribution in [-0.4, -0.2) is 138 Å². The lowest BCUT2D eigenvalue weighted by molar-refractivity contribution is -0.145. The first-order valence-electron chi connectivity index (χ1n) is 18.2. The Hall–Kier alpha value is -4.88. The van der Waals surface area contributed by atoms with Gasteiger partial charge in [0.2, 0.25) is 0 Å². The zero-order valence-electron chi connectivity index (χ0n) is 32.1. The van der Waals surface area contributed by atoms with Gasteiger partial charge < -0.3 is 19.7 Å². The number of ketones is 4. The Morgan fingerprint density at radius 3 is 2.32 bits per heavy atom. The SMILES string of the molecule is CC(=O)C(C)(C)O/N=C(\C(=O)C[C@@H]1C(=O)C2C[C@@](C(=O)O)(N3CCN(NC(=O)N4CCN(C(=O)C(=O)c5ccc(C)c(C)c5Cl)CC4)C3=O)S[C@@H]21)c1csc(C)n1. The molecule has 0 spiro atoms. The molecule has 0 radical (unpaired) electrons. The Morgan fingerprint density at radius 1 is 1.04 bits per heavy atom. The number of hydrogen-bond donors (Lipinski definition) is 2. The summed E-state index contributed by atoms with van der Waals surface area (Å²) < 4.78 is 0. The molecule has 4 fully saturated rings. The number of halogens is 1. The molecule has 1 saturated carbocycles. The molecule has 1 aromatic heterocycles. The number of benzene rings is 1. The van der Waals surface area contributed by atoms with Crippen molar-refractivity contribution in [3.63, 3.8) is 0 Å². The average molecular weight is 844 g/mol. The second-order valence-corrected chi connectivity index (χ2v) is 17.8. The summed E-state index contributed by atoms with van der Waals surface area (Å²) in [4.78, 5) is 117. The Labute approximate surface area is 341 Å². The summed E-state index contributed by atoms with van der Waals surface area (Å²) in [7, 11) is 0. The third-order valence-electron chi connectivity index (χ3n) is 11.1. The fraction of sp³-hybridized carbons (Fsp3) is 0.514. The van der Waals surface area contributed by atoms with Crippen LogP contribution in [0, 0.1) is 32.6 Å². The number of thiazole rings is 1. The molecule has 3 saturated heterocycles. The number of aliphatic carboxylic acids is 1. The maximum atomic E-state index is 13.7.